The van der Waals surface area contributed by atoms with E-state index >= 15 is 0 Å². The lowest BCUT2D eigenvalue weighted by Gasteiger charge is -2.60. The van der Waals surface area contributed by atoms with Gasteiger partial charge < -0.3 is 9.64 Å². The molecular formula is C16H25N3O. The summed E-state index contributed by atoms with van der Waals surface area (Å²) in [7, 11) is 2.14. The Labute approximate surface area is 121 Å². The normalized spacial score (nSPS) is 28.1. The Morgan fingerprint density at radius 2 is 1.95 bits per heavy atom. The van der Waals surface area contributed by atoms with Gasteiger partial charge >= 0.3 is 0 Å². The molecule has 0 radical (unpaired) electrons. The van der Waals surface area contributed by atoms with E-state index in [2.05, 4.69) is 28.8 Å². The second kappa shape index (κ2) is 5.68. The van der Waals surface area contributed by atoms with Gasteiger partial charge in [0.25, 0.3) is 0 Å². The maximum atomic E-state index is 6.02. The van der Waals surface area contributed by atoms with E-state index in [0.717, 1.165) is 19.0 Å². The second-order valence-electron chi connectivity index (χ2n) is 6.15. The minimum Gasteiger partial charge on any atom is -0.378 e. The summed E-state index contributed by atoms with van der Waals surface area (Å²) in [6.07, 6.45) is 11.8. The molecule has 2 atom stereocenters. The Morgan fingerprint density at radius 1 is 1.25 bits per heavy atom. The molecule has 0 aliphatic heterocycles. The fraction of sp³-hybridized carbons (Fsp3) is 0.750. The van der Waals surface area contributed by atoms with Crippen LogP contribution in [-0.4, -0.2) is 35.8 Å². The van der Waals surface area contributed by atoms with Crippen molar-refractivity contribution in [1.82, 2.24) is 9.97 Å². The lowest BCUT2D eigenvalue weighted by atomic mass is 9.54. The van der Waals surface area contributed by atoms with Crippen molar-refractivity contribution < 1.29 is 4.74 Å². The largest absolute Gasteiger partial charge is 0.378 e. The molecular weight excluding hydrogens is 250 g/mol. The average Bonchev–Trinajstić information content (AvgIpc) is 2.52. The fourth-order valence-corrected chi connectivity index (χ4v) is 4.18. The number of nitrogens with zero attached hydrogens (tertiary/aromatic N) is 3. The highest BCUT2D eigenvalue weighted by atomic mass is 16.5. The summed E-state index contributed by atoms with van der Waals surface area (Å²) in [5.41, 5.74) is 0.336. The summed E-state index contributed by atoms with van der Waals surface area (Å²) in [4.78, 5) is 11.1. The Hall–Kier alpha value is -1.16. The number of hydrogen-bond acceptors (Lipinski definition) is 4. The summed E-state index contributed by atoms with van der Waals surface area (Å²) in [6.45, 7) is 2.93. The number of anilines is 1. The van der Waals surface area contributed by atoms with E-state index in [-0.39, 0.29) is 0 Å². The number of aromatic nitrogens is 2. The molecule has 1 aromatic rings. The van der Waals surface area contributed by atoms with E-state index in [0.29, 0.717) is 17.6 Å². The molecule has 110 valence electrons. The molecule has 3 rings (SSSR count). The van der Waals surface area contributed by atoms with Crippen molar-refractivity contribution in [2.75, 3.05) is 18.6 Å². The summed E-state index contributed by atoms with van der Waals surface area (Å²) in [6, 6.07) is 2.40. The van der Waals surface area contributed by atoms with Gasteiger partial charge in [0.05, 0.1) is 6.10 Å². The van der Waals surface area contributed by atoms with Crippen molar-refractivity contribution >= 4 is 5.95 Å². The third kappa shape index (κ3) is 2.20. The van der Waals surface area contributed by atoms with Gasteiger partial charge in [-0.2, -0.15) is 0 Å². The zero-order chi connectivity index (χ0) is 14.0. The number of ether oxygens (including phenoxy) is 1. The Morgan fingerprint density at radius 3 is 2.60 bits per heavy atom. The molecule has 2 fully saturated rings. The molecule has 4 heteroatoms. The molecule has 2 saturated carbocycles. The monoisotopic (exact) mass is 275 g/mol. The van der Waals surface area contributed by atoms with Gasteiger partial charge in [-0.05, 0) is 32.3 Å². The van der Waals surface area contributed by atoms with E-state index in [1.807, 2.05) is 18.5 Å². The van der Waals surface area contributed by atoms with Gasteiger partial charge in [-0.1, -0.05) is 19.3 Å². The molecule has 0 saturated heterocycles. The van der Waals surface area contributed by atoms with E-state index in [9.17, 15) is 0 Å². The fourth-order valence-electron chi connectivity index (χ4n) is 4.18. The maximum absolute atomic E-state index is 6.02. The van der Waals surface area contributed by atoms with Gasteiger partial charge in [-0.25, -0.2) is 9.97 Å². The lowest BCUT2D eigenvalue weighted by molar-refractivity contribution is -0.141. The summed E-state index contributed by atoms with van der Waals surface area (Å²) in [5.74, 6) is 0.845. The van der Waals surface area contributed by atoms with Crippen molar-refractivity contribution in [3.8, 4) is 0 Å². The molecule has 2 unspecified atom stereocenters. The van der Waals surface area contributed by atoms with Crippen molar-refractivity contribution in [2.24, 2.45) is 5.41 Å². The Balaban J connectivity index is 1.79. The van der Waals surface area contributed by atoms with Crippen molar-refractivity contribution in [3.63, 3.8) is 0 Å². The zero-order valence-corrected chi connectivity index (χ0v) is 12.6. The van der Waals surface area contributed by atoms with Crippen LogP contribution in [-0.2, 0) is 4.74 Å². The highest BCUT2D eigenvalue weighted by Gasteiger charge is 2.57. The van der Waals surface area contributed by atoms with Crippen LogP contribution in [0.1, 0.15) is 45.4 Å². The van der Waals surface area contributed by atoms with Crippen LogP contribution in [0, 0.1) is 5.41 Å². The van der Waals surface area contributed by atoms with Crippen LogP contribution in [0.4, 0.5) is 5.95 Å². The van der Waals surface area contributed by atoms with Crippen LogP contribution in [0.5, 0.6) is 0 Å². The standard InChI is InChI=1S/C16H25N3O/c1-3-20-14-12-13(16(14)8-5-4-6-9-16)19(2)15-17-10-7-11-18-15/h7,10-11,13-14H,3-6,8-9,12H2,1-2H3. The van der Waals surface area contributed by atoms with Gasteiger partial charge in [0.1, 0.15) is 0 Å². The first kappa shape index (κ1) is 13.8. The Kier molecular flexibility index (Phi) is 3.92. The van der Waals surface area contributed by atoms with E-state index < -0.39 is 0 Å². The third-order valence-electron chi connectivity index (χ3n) is 5.23. The van der Waals surface area contributed by atoms with Gasteiger partial charge in [-0.15, -0.1) is 0 Å². The lowest BCUT2D eigenvalue weighted by Crippen LogP contribution is -2.65. The molecule has 1 aromatic heterocycles. The van der Waals surface area contributed by atoms with Crippen LogP contribution in [0.25, 0.3) is 0 Å². The highest BCUT2D eigenvalue weighted by molar-refractivity contribution is 5.34. The first-order valence-electron chi connectivity index (χ1n) is 7.89. The van der Waals surface area contributed by atoms with Crippen molar-refractivity contribution in [2.45, 2.75) is 57.6 Å². The molecule has 1 spiro atoms. The Bertz CT molecular complexity index is 431. The quantitative estimate of drug-likeness (QED) is 0.846. The van der Waals surface area contributed by atoms with E-state index in [4.69, 9.17) is 4.74 Å². The van der Waals surface area contributed by atoms with Gasteiger partial charge in [0.2, 0.25) is 5.95 Å². The molecule has 0 N–H and O–H groups in total. The van der Waals surface area contributed by atoms with E-state index in [1.54, 1.807) is 0 Å². The zero-order valence-electron chi connectivity index (χ0n) is 12.6. The summed E-state index contributed by atoms with van der Waals surface area (Å²) < 4.78 is 6.02. The average molecular weight is 275 g/mol. The maximum Gasteiger partial charge on any atom is 0.225 e. The molecule has 2 aliphatic rings. The van der Waals surface area contributed by atoms with E-state index in [1.165, 1.54) is 32.1 Å². The topological polar surface area (TPSA) is 38.2 Å². The SMILES string of the molecule is CCOC1CC(N(C)c2ncccn2)C12CCCCC2. The second-order valence-corrected chi connectivity index (χ2v) is 6.15. The highest BCUT2D eigenvalue weighted by Crippen LogP contribution is 2.55. The smallest absolute Gasteiger partial charge is 0.225 e. The summed E-state index contributed by atoms with van der Waals surface area (Å²) in [5, 5.41) is 0. The minimum absolute atomic E-state index is 0.336. The first-order valence-corrected chi connectivity index (χ1v) is 7.89. The molecule has 1 heterocycles. The van der Waals surface area contributed by atoms with Crippen LogP contribution < -0.4 is 4.90 Å². The van der Waals surface area contributed by atoms with Crippen LogP contribution in [0.3, 0.4) is 0 Å². The van der Waals surface area contributed by atoms with Gasteiger partial charge in [0, 0.05) is 37.5 Å². The van der Waals surface area contributed by atoms with Crippen molar-refractivity contribution in [3.05, 3.63) is 18.5 Å². The number of rotatable bonds is 4. The molecule has 4 nitrogen and oxygen atoms in total. The molecule has 0 aromatic carbocycles. The molecule has 2 aliphatic carbocycles. The molecule has 0 bridgehead atoms. The minimum atomic E-state index is 0.336. The van der Waals surface area contributed by atoms with Crippen molar-refractivity contribution in [1.29, 1.82) is 0 Å². The van der Waals surface area contributed by atoms with Crippen LogP contribution >= 0.6 is 0 Å². The first-order chi connectivity index (χ1) is 9.78. The van der Waals surface area contributed by atoms with Gasteiger partial charge in [-0.3, -0.25) is 0 Å². The van der Waals surface area contributed by atoms with Crippen LogP contribution in [0.15, 0.2) is 18.5 Å². The predicted molar refractivity (Wildman–Crippen MR) is 79.8 cm³/mol. The molecule has 0 amide bonds. The van der Waals surface area contributed by atoms with Gasteiger partial charge in [0.15, 0.2) is 0 Å². The predicted octanol–water partition coefficient (Wildman–Crippen LogP) is 3.04. The van der Waals surface area contributed by atoms with Crippen LogP contribution in [0.2, 0.25) is 0 Å². The summed E-state index contributed by atoms with van der Waals surface area (Å²) >= 11 is 0. The molecule has 20 heavy (non-hydrogen) atoms. The number of hydrogen-bond donors (Lipinski definition) is 0. The third-order valence-corrected chi connectivity index (χ3v) is 5.23.